The minimum absolute atomic E-state index is 0.00795. The lowest BCUT2D eigenvalue weighted by Crippen LogP contribution is -2.68. The number of rotatable bonds is 8. The van der Waals surface area contributed by atoms with Gasteiger partial charge in [-0.15, -0.1) is 0 Å². The number of imide groups is 1. The zero-order valence-electron chi connectivity index (χ0n) is 21.7. The van der Waals surface area contributed by atoms with Crippen LogP contribution in [0.1, 0.15) is 58.8 Å². The van der Waals surface area contributed by atoms with E-state index in [1.54, 1.807) is 45.0 Å². The molecule has 1 aliphatic rings. The van der Waals surface area contributed by atoms with E-state index in [9.17, 15) is 14.4 Å². The Hall–Kier alpha value is -2.19. The van der Waals surface area contributed by atoms with E-state index < -0.39 is 32.1 Å². The first-order valence-electron chi connectivity index (χ1n) is 11.6. The minimum Gasteiger partial charge on any atom is -0.496 e. The average Bonchev–Trinajstić information content (AvgIpc) is 2.69. The van der Waals surface area contributed by atoms with Gasteiger partial charge < -0.3 is 14.5 Å². The molecule has 1 heterocycles. The van der Waals surface area contributed by atoms with Crippen LogP contribution < -0.4 is 10.1 Å². The number of para-hydroxylation sites is 1. The highest BCUT2D eigenvalue weighted by atomic mass is 28.4. The topological polar surface area (TPSA) is 84.9 Å². The molecule has 0 unspecified atom stereocenters. The lowest BCUT2D eigenvalue weighted by Gasteiger charge is -2.47. The second kappa shape index (κ2) is 9.97. The summed E-state index contributed by atoms with van der Waals surface area (Å²) in [5, 5.41) is 2.89. The fraction of sp³-hybridized carbons (Fsp3) is 0.640. The van der Waals surface area contributed by atoms with Gasteiger partial charge in [0.15, 0.2) is 8.32 Å². The first-order chi connectivity index (χ1) is 15.1. The number of amides is 3. The van der Waals surface area contributed by atoms with Crippen molar-refractivity contribution in [3.05, 3.63) is 29.8 Å². The Kier molecular flexibility index (Phi) is 8.17. The zero-order valence-corrected chi connectivity index (χ0v) is 22.7. The van der Waals surface area contributed by atoms with Crippen molar-refractivity contribution >= 4 is 26.0 Å². The van der Waals surface area contributed by atoms with Crippen molar-refractivity contribution in [2.24, 2.45) is 11.8 Å². The van der Waals surface area contributed by atoms with E-state index in [0.717, 1.165) is 0 Å². The summed E-state index contributed by atoms with van der Waals surface area (Å²) in [6.45, 7) is 18.0. The van der Waals surface area contributed by atoms with Gasteiger partial charge in [0.1, 0.15) is 5.75 Å². The van der Waals surface area contributed by atoms with Crippen molar-refractivity contribution in [1.29, 1.82) is 0 Å². The van der Waals surface area contributed by atoms with E-state index >= 15 is 0 Å². The van der Waals surface area contributed by atoms with Crippen molar-refractivity contribution in [3.63, 3.8) is 0 Å². The van der Waals surface area contributed by atoms with Gasteiger partial charge in [-0.1, -0.05) is 39.8 Å². The molecule has 33 heavy (non-hydrogen) atoms. The van der Waals surface area contributed by atoms with E-state index in [2.05, 4.69) is 39.2 Å². The van der Waals surface area contributed by atoms with Crippen LogP contribution >= 0.6 is 0 Å². The molecule has 2 rings (SSSR count). The monoisotopic (exact) mass is 476 g/mol. The highest BCUT2D eigenvalue weighted by molar-refractivity contribution is 6.74. The summed E-state index contributed by atoms with van der Waals surface area (Å²) >= 11 is 0. The molecule has 0 aliphatic carbocycles. The van der Waals surface area contributed by atoms with Gasteiger partial charge in [0.05, 0.1) is 36.7 Å². The fourth-order valence-corrected chi connectivity index (χ4v) is 5.42. The van der Waals surface area contributed by atoms with Gasteiger partial charge in [0.2, 0.25) is 11.8 Å². The lowest BCUT2D eigenvalue weighted by molar-refractivity contribution is -0.147. The van der Waals surface area contributed by atoms with Gasteiger partial charge in [-0.3, -0.25) is 19.3 Å². The number of methoxy groups -OCH3 is 1. The van der Waals surface area contributed by atoms with Crippen LogP contribution in [0, 0.1) is 11.8 Å². The highest BCUT2D eigenvalue weighted by Gasteiger charge is 2.51. The van der Waals surface area contributed by atoms with Crippen LogP contribution in [0.4, 0.5) is 0 Å². The number of hydrogen-bond donors (Lipinski definition) is 1. The molecule has 0 spiro atoms. The highest BCUT2D eigenvalue weighted by Crippen LogP contribution is 2.39. The Morgan fingerprint density at radius 3 is 2.15 bits per heavy atom. The third-order valence-electron chi connectivity index (χ3n) is 7.03. The first-order valence-corrected chi connectivity index (χ1v) is 14.5. The first kappa shape index (κ1) is 27.1. The molecule has 4 atom stereocenters. The Balaban J connectivity index is 2.25. The van der Waals surface area contributed by atoms with Crippen LogP contribution in [0.15, 0.2) is 24.3 Å². The van der Waals surface area contributed by atoms with Crippen LogP contribution in [0.3, 0.4) is 0 Å². The SMILES string of the molecule is COc1ccccc1C(=O)N(C(=O)[C@H](C)[C@H]1NC(=O)[C@@H]1[C@@H](C)O[Si](C)(C)C(C)(C)C)C(C)C. The largest absolute Gasteiger partial charge is 0.496 e. The molecule has 1 saturated heterocycles. The van der Waals surface area contributed by atoms with E-state index in [4.69, 9.17) is 9.16 Å². The number of nitrogens with zero attached hydrogens (tertiary/aromatic N) is 1. The Labute approximate surface area is 199 Å². The summed E-state index contributed by atoms with van der Waals surface area (Å²) in [7, 11) is -0.595. The van der Waals surface area contributed by atoms with E-state index in [-0.39, 0.29) is 29.0 Å². The Morgan fingerprint density at radius 1 is 1.09 bits per heavy atom. The number of β-lactam (4-membered cyclic amide) rings is 1. The molecule has 184 valence electrons. The summed E-state index contributed by atoms with van der Waals surface area (Å²) in [5.41, 5.74) is 0.332. The minimum atomic E-state index is -2.09. The number of carbonyl (C=O) groups is 3. The molecule has 0 saturated carbocycles. The van der Waals surface area contributed by atoms with Crippen LogP contribution in [0.25, 0.3) is 0 Å². The summed E-state index contributed by atoms with van der Waals surface area (Å²) < 4.78 is 11.8. The molecule has 0 radical (unpaired) electrons. The van der Waals surface area contributed by atoms with Crippen molar-refractivity contribution in [2.75, 3.05) is 7.11 Å². The van der Waals surface area contributed by atoms with Crippen LogP contribution in [0.5, 0.6) is 5.75 Å². The van der Waals surface area contributed by atoms with Crippen LogP contribution in [0.2, 0.25) is 18.1 Å². The van der Waals surface area contributed by atoms with Crippen LogP contribution in [-0.4, -0.2) is 56.2 Å². The molecular weight excluding hydrogens is 436 g/mol. The normalized spacial score (nSPS) is 20.5. The maximum Gasteiger partial charge on any atom is 0.264 e. The fourth-order valence-electron chi connectivity index (χ4n) is 3.99. The summed E-state index contributed by atoms with van der Waals surface area (Å²) in [5.74, 6) is -1.45. The second-order valence-electron chi connectivity index (χ2n) is 10.7. The second-order valence-corrected chi connectivity index (χ2v) is 15.5. The maximum atomic E-state index is 13.5. The molecule has 0 bridgehead atoms. The number of ether oxygens (including phenoxy) is 1. The predicted molar refractivity (Wildman–Crippen MR) is 132 cm³/mol. The molecule has 0 aromatic heterocycles. The third kappa shape index (κ3) is 5.49. The molecule has 7 nitrogen and oxygen atoms in total. The Bertz CT molecular complexity index is 893. The van der Waals surface area contributed by atoms with Crippen molar-refractivity contribution in [1.82, 2.24) is 10.2 Å². The molecular formula is C25H40N2O5Si. The van der Waals surface area contributed by atoms with Gasteiger partial charge in [-0.25, -0.2) is 0 Å². The Morgan fingerprint density at radius 2 is 1.67 bits per heavy atom. The quantitative estimate of drug-likeness (QED) is 0.448. The number of benzene rings is 1. The van der Waals surface area contributed by atoms with Crippen LogP contribution in [-0.2, 0) is 14.0 Å². The predicted octanol–water partition coefficient (Wildman–Crippen LogP) is 4.23. The number of nitrogens with one attached hydrogen (secondary N) is 1. The van der Waals surface area contributed by atoms with Gasteiger partial charge in [0.25, 0.3) is 5.91 Å². The molecule has 1 N–H and O–H groups in total. The molecule has 1 fully saturated rings. The molecule has 1 aliphatic heterocycles. The number of carbonyl (C=O) groups excluding carboxylic acids is 3. The van der Waals surface area contributed by atoms with E-state index in [0.29, 0.717) is 11.3 Å². The van der Waals surface area contributed by atoms with E-state index in [1.807, 2.05) is 6.92 Å². The average molecular weight is 477 g/mol. The van der Waals surface area contributed by atoms with Crippen molar-refractivity contribution < 1.29 is 23.5 Å². The number of hydrogen-bond acceptors (Lipinski definition) is 5. The molecule has 1 aromatic rings. The summed E-state index contributed by atoms with van der Waals surface area (Å²) in [6.07, 6.45) is -0.322. The van der Waals surface area contributed by atoms with Gasteiger partial charge in [0, 0.05) is 6.04 Å². The third-order valence-corrected chi connectivity index (χ3v) is 11.6. The summed E-state index contributed by atoms with van der Waals surface area (Å²) in [4.78, 5) is 40.6. The van der Waals surface area contributed by atoms with E-state index in [1.165, 1.54) is 12.0 Å². The lowest BCUT2D eigenvalue weighted by atomic mass is 9.78. The van der Waals surface area contributed by atoms with Gasteiger partial charge in [-0.2, -0.15) is 0 Å². The van der Waals surface area contributed by atoms with Crippen molar-refractivity contribution in [2.45, 2.75) is 84.8 Å². The van der Waals surface area contributed by atoms with Crippen molar-refractivity contribution in [3.8, 4) is 5.75 Å². The summed E-state index contributed by atoms with van der Waals surface area (Å²) in [6, 6.07) is 6.12. The smallest absolute Gasteiger partial charge is 0.264 e. The van der Waals surface area contributed by atoms with Gasteiger partial charge in [-0.05, 0) is 51.0 Å². The maximum absolute atomic E-state index is 13.5. The molecule has 3 amide bonds. The van der Waals surface area contributed by atoms with Gasteiger partial charge >= 0.3 is 0 Å². The molecule has 8 heteroatoms. The standard InChI is InChI=1S/C25H40N2O5Si/c1-15(2)27(24(30)18-13-11-12-14-19(18)31-8)23(29)16(3)21-20(22(28)26-21)17(4)32-33(9,10)25(5,6)7/h11-17,20-21H,1-10H3,(H,26,28)/t16-,17-,20-,21-/m1/s1. The zero-order chi connectivity index (χ0) is 25.3. The molecule has 1 aromatic carbocycles.